The molecule has 8 heteroatoms. The molecule has 11 unspecified atom stereocenters. The van der Waals surface area contributed by atoms with E-state index in [2.05, 4.69) is 27.7 Å². The van der Waals surface area contributed by atoms with Crippen LogP contribution in [0.3, 0.4) is 0 Å². The molecule has 0 spiro atoms. The molecule has 1 amide bonds. The quantitative estimate of drug-likeness (QED) is 0.431. The lowest BCUT2D eigenvalue weighted by atomic mass is 9.42. The second-order valence-electron chi connectivity index (χ2n) is 14.5. The largest absolute Gasteiger partial charge is 0.393 e. The van der Waals surface area contributed by atoms with Crippen LogP contribution in [0.2, 0.25) is 0 Å². The van der Waals surface area contributed by atoms with Crippen LogP contribution in [0.5, 0.6) is 0 Å². The Bertz CT molecular complexity index is 995. The third-order valence-corrected chi connectivity index (χ3v) is 14.2. The number of aliphatic hydroxyl groups is 2. The van der Waals surface area contributed by atoms with Crippen LogP contribution in [-0.4, -0.2) is 64.5 Å². The van der Waals surface area contributed by atoms with E-state index < -0.39 is 15.4 Å². The average molecular weight is 554 g/mol. The maximum atomic E-state index is 13.0. The standard InChI is InChI=1S/C30H51NO6S/c1-18(5-8-27(34)31-13-10-22(11-14-31)38(35,36)37)23-6-7-24-28-19(2)15-20-16-21(32)9-12-29(20,3)25(28)17-26(33)30(23,24)4/h18-26,28,32-33H,5-17H2,1-4H3,(H,35,36,37). The first kappa shape index (κ1) is 28.8. The summed E-state index contributed by atoms with van der Waals surface area (Å²) in [5.74, 6) is 3.65. The Morgan fingerprint density at radius 1 is 1.00 bits per heavy atom. The molecule has 0 bridgehead atoms. The fourth-order valence-electron chi connectivity index (χ4n) is 10.7. The van der Waals surface area contributed by atoms with Gasteiger partial charge >= 0.3 is 0 Å². The first-order valence-corrected chi connectivity index (χ1v) is 16.9. The van der Waals surface area contributed by atoms with E-state index in [1.165, 1.54) is 6.42 Å². The van der Waals surface area contributed by atoms with Gasteiger partial charge in [-0.05, 0) is 116 Å². The monoisotopic (exact) mass is 553 g/mol. The van der Waals surface area contributed by atoms with E-state index in [4.69, 9.17) is 0 Å². The maximum absolute atomic E-state index is 13.0. The molecular weight excluding hydrogens is 502 g/mol. The van der Waals surface area contributed by atoms with Crippen LogP contribution < -0.4 is 0 Å². The van der Waals surface area contributed by atoms with Gasteiger partial charge in [0.05, 0.1) is 17.5 Å². The number of fused-ring (bicyclic) bond motifs is 5. The predicted octanol–water partition coefficient (Wildman–Crippen LogP) is 4.52. The van der Waals surface area contributed by atoms with Crippen molar-refractivity contribution >= 4 is 16.0 Å². The summed E-state index contributed by atoms with van der Waals surface area (Å²) >= 11 is 0. The number of hydrogen-bond acceptors (Lipinski definition) is 5. The smallest absolute Gasteiger partial charge is 0.267 e. The Balaban J connectivity index is 1.24. The summed E-state index contributed by atoms with van der Waals surface area (Å²) in [4.78, 5) is 14.7. The minimum atomic E-state index is -4.03. The van der Waals surface area contributed by atoms with Crippen molar-refractivity contribution in [3.63, 3.8) is 0 Å². The van der Waals surface area contributed by atoms with Gasteiger partial charge in [0.25, 0.3) is 10.1 Å². The molecule has 3 N–H and O–H groups in total. The van der Waals surface area contributed by atoms with Gasteiger partial charge in [-0.1, -0.05) is 27.7 Å². The molecule has 1 aliphatic heterocycles. The van der Waals surface area contributed by atoms with E-state index in [0.29, 0.717) is 73.8 Å². The Hall–Kier alpha value is -0.700. The summed E-state index contributed by atoms with van der Waals surface area (Å²) in [5, 5.41) is 21.5. The highest BCUT2D eigenvalue weighted by atomic mass is 32.2. The molecule has 5 rings (SSSR count). The number of aliphatic hydroxyl groups excluding tert-OH is 2. The van der Waals surface area contributed by atoms with Crippen molar-refractivity contribution in [3.05, 3.63) is 0 Å². The molecule has 11 atom stereocenters. The SMILES string of the molecule is CC1CC2CC(O)CCC2(C)C2CC(O)C3(C)C(C(C)CCC(=O)N4CCC(S(=O)(=O)O)CC4)CCC3C12. The fraction of sp³-hybridized carbons (Fsp3) is 0.967. The molecule has 1 saturated heterocycles. The minimum Gasteiger partial charge on any atom is -0.393 e. The maximum Gasteiger partial charge on any atom is 0.267 e. The zero-order chi connectivity index (χ0) is 27.6. The number of nitrogens with zero attached hydrogens (tertiary/aromatic N) is 1. The Kier molecular flexibility index (Phi) is 7.80. The van der Waals surface area contributed by atoms with Gasteiger partial charge in [0.2, 0.25) is 5.91 Å². The molecule has 0 radical (unpaired) electrons. The van der Waals surface area contributed by atoms with Crippen LogP contribution in [0.1, 0.15) is 98.3 Å². The zero-order valence-electron chi connectivity index (χ0n) is 23.9. The van der Waals surface area contributed by atoms with E-state index in [9.17, 15) is 28.0 Å². The van der Waals surface area contributed by atoms with Gasteiger partial charge in [-0.25, -0.2) is 0 Å². The van der Waals surface area contributed by atoms with Crippen molar-refractivity contribution in [1.29, 1.82) is 0 Å². The van der Waals surface area contributed by atoms with E-state index >= 15 is 0 Å². The number of carbonyl (C=O) groups excluding carboxylic acids is 1. The first-order valence-electron chi connectivity index (χ1n) is 15.4. The molecule has 5 aliphatic rings. The minimum absolute atomic E-state index is 0.0777. The van der Waals surface area contributed by atoms with Gasteiger partial charge < -0.3 is 15.1 Å². The lowest BCUT2D eigenvalue weighted by molar-refractivity contribution is -0.190. The van der Waals surface area contributed by atoms with E-state index in [-0.39, 0.29) is 28.9 Å². The third kappa shape index (κ3) is 4.77. The highest BCUT2D eigenvalue weighted by molar-refractivity contribution is 7.86. The molecule has 0 aromatic carbocycles. The first-order chi connectivity index (χ1) is 17.8. The van der Waals surface area contributed by atoms with E-state index in [0.717, 1.165) is 44.9 Å². The van der Waals surface area contributed by atoms with Crippen molar-refractivity contribution < 1.29 is 28.0 Å². The number of rotatable bonds is 5. The summed E-state index contributed by atoms with van der Waals surface area (Å²) in [6.45, 7) is 10.3. The number of carbonyl (C=O) groups is 1. The number of amides is 1. The van der Waals surface area contributed by atoms with Gasteiger partial charge in [-0.2, -0.15) is 8.42 Å². The lowest BCUT2D eigenvalue weighted by Crippen LogP contribution is -2.60. The Morgan fingerprint density at radius 3 is 2.34 bits per heavy atom. The Labute approximate surface area is 229 Å². The molecule has 7 nitrogen and oxygen atoms in total. The van der Waals surface area contributed by atoms with E-state index in [1.807, 2.05) is 0 Å². The van der Waals surface area contributed by atoms with Gasteiger partial charge in [0, 0.05) is 19.5 Å². The van der Waals surface area contributed by atoms with Crippen molar-refractivity contribution in [2.45, 2.75) is 116 Å². The van der Waals surface area contributed by atoms with Crippen molar-refractivity contribution in [2.75, 3.05) is 13.1 Å². The third-order valence-electron chi connectivity index (χ3n) is 12.9. The molecule has 4 saturated carbocycles. The fourth-order valence-corrected chi connectivity index (χ4v) is 11.5. The molecule has 0 aromatic rings. The summed E-state index contributed by atoms with van der Waals surface area (Å²) in [6, 6.07) is 0. The van der Waals surface area contributed by atoms with Crippen LogP contribution in [0.25, 0.3) is 0 Å². The van der Waals surface area contributed by atoms with Gasteiger partial charge in [0.15, 0.2) is 0 Å². The van der Waals surface area contributed by atoms with Gasteiger partial charge in [-0.15, -0.1) is 0 Å². The number of hydrogen-bond donors (Lipinski definition) is 3. The van der Waals surface area contributed by atoms with Crippen LogP contribution in [0, 0.1) is 52.3 Å². The lowest BCUT2D eigenvalue weighted by Gasteiger charge is -2.64. The van der Waals surface area contributed by atoms with Crippen LogP contribution in [-0.2, 0) is 14.9 Å². The highest BCUT2D eigenvalue weighted by Crippen LogP contribution is 2.69. The molecule has 4 aliphatic carbocycles. The predicted molar refractivity (Wildman–Crippen MR) is 147 cm³/mol. The van der Waals surface area contributed by atoms with Crippen molar-refractivity contribution in [2.24, 2.45) is 52.3 Å². The Morgan fingerprint density at radius 2 is 1.68 bits per heavy atom. The second kappa shape index (κ2) is 10.3. The summed E-state index contributed by atoms with van der Waals surface area (Å²) in [5.41, 5.74) is 0.0980. The molecule has 5 fully saturated rings. The van der Waals surface area contributed by atoms with Crippen LogP contribution in [0.15, 0.2) is 0 Å². The van der Waals surface area contributed by atoms with Crippen molar-refractivity contribution in [1.82, 2.24) is 4.90 Å². The van der Waals surface area contributed by atoms with E-state index in [1.54, 1.807) is 4.90 Å². The summed E-state index contributed by atoms with van der Waals surface area (Å²) in [6.07, 6.45) is 8.58. The average Bonchev–Trinajstić information content (AvgIpc) is 3.22. The zero-order valence-corrected chi connectivity index (χ0v) is 24.7. The van der Waals surface area contributed by atoms with Crippen molar-refractivity contribution in [3.8, 4) is 0 Å². The summed E-state index contributed by atoms with van der Waals surface area (Å²) in [7, 11) is -4.03. The number of likely N-dealkylation sites (tertiary alicyclic amines) is 1. The highest BCUT2D eigenvalue weighted by Gasteiger charge is 2.65. The van der Waals surface area contributed by atoms with Crippen LogP contribution in [0.4, 0.5) is 0 Å². The van der Waals surface area contributed by atoms with Crippen LogP contribution >= 0.6 is 0 Å². The normalized spacial score (nSPS) is 46.7. The summed E-state index contributed by atoms with van der Waals surface area (Å²) < 4.78 is 32.2. The van der Waals surface area contributed by atoms with Gasteiger partial charge in [-0.3, -0.25) is 9.35 Å². The topological polar surface area (TPSA) is 115 Å². The molecule has 218 valence electrons. The molecule has 0 aromatic heterocycles. The molecule has 1 heterocycles. The second-order valence-corrected chi connectivity index (χ2v) is 16.2. The van der Waals surface area contributed by atoms with Gasteiger partial charge in [0.1, 0.15) is 0 Å². The number of piperidine rings is 1. The molecular formula is C30H51NO6S. The molecule has 38 heavy (non-hydrogen) atoms.